The van der Waals surface area contributed by atoms with Gasteiger partial charge in [0.2, 0.25) is 5.76 Å². The van der Waals surface area contributed by atoms with E-state index in [1.54, 1.807) is 13.8 Å². The molecule has 0 fully saturated rings. The van der Waals surface area contributed by atoms with Crippen LogP contribution in [0.5, 0.6) is 0 Å². The largest absolute Gasteiger partial charge is 0.460 e. The fourth-order valence-electron chi connectivity index (χ4n) is 1.92. The molecule has 2 aromatic rings. The van der Waals surface area contributed by atoms with Gasteiger partial charge in [0.25, 0.3) is 0 Å². The third-order valence-corrected chi connectivity index (χ3v) is 2.92. The van der Waals surface area contributed by atoms with Crippen molar-refractivity contribution in [2.45, 2.75) is 13.8 Å². The van der Waals surface area contributed by atoms with E-state index in [9.17, 15) is 19.2 Å². The second-order valence-electron chi connectivity index (χ2n) is 4.58. The zero-order valence-electron chi connectivity index (χ0n) is 13.1. The van der Waals surface area contributed by atoms with Gasteiger partial charge in [0.1, 0.15) is 5.58 Å². The van der Waals surface area contributed by atoms with Crippen molar-refractivity contribution in [2.24, 2.45) is 0 Å². The maximum atomic E-state index is 12.1. The van der Waals surface area contributed by atoms with Gasteiger partial charge in [-0.2, -0.15) is 0 Å². The molecule has 0 unspecified atom stereocenters. The number of ether oxygens (including phenoxy) is 2. The minimum absolute atomic E-state index is 0.0736. The molecule has 1 amide bonds. The SMILES string of the molecule is CCOC(=O)C(=O)Nc1ccc2oc(C(=O)OCC)cc(=O)c2c1. The minimum atomic E-state index is -1.03. The second kappa shape index (κ2) is 7.40. The Hall–Kier alpha value is -3.16. The van der Waals surface area contributed by atoms with Crippen LogP contribution >= 0.6 is 0 Å². The third-order valence-electron chi connectivity index (χ3n) is 2.92. The Balaban J connectivity index is 2.32. The van der Waals surface area contributed by atoms with E-state index in [0.29, 0.717) is 0 Å². The molecule has 0 saturated heterocycles. The molecule has 1 aromatic heterocycles. The first kappa shape index (κ1) is 17.2. The molecule has 8 heteroatoms. The molecule has 0 spiro atoms. The number of hydrogen-bond donors (Lipinski definition) is 1. The van der Waals surface area contributed by atoms with Gasteiger partial charge in [-0.3, -0.25) is 9.59 Å². The molecule has 0 atom stereocenters. The van der Waals surface area contributed by atoms with E-state index in [1.807, 2.05) is 0 Å². The fourth-order valence-corrected chi connectivity index (χ4v) is 1.92. The summed E-state index contributed by atoms with van der Waals surface area (Å²) in [6.45, 7) is 3.44. The van der Waals surface area contributed by atoms with Crippen LogP contribution in [0.3, 0.4) is 0 Å². The summed E-state index contributed by atoms with van der Waals surface area (Å²) in [5.74, 6) is -2.93. The molecule has 1 N–H and O–H groups in total. The van der Waals surface area contributed by atoms with Crippen molar-refractivity contribution in [1.82, 2.24) is 0 Å². The standard InChI is InChI=1S/C16H15NO7/c1-3-22-15(20)13-8-11(18)10-7-9(5-6-12(10)24-13)17-14(19)16(21)23-4-2/h5-8H,3-4H2,1-2H3,(H,17,19). The Labute approximate surface area is 136 Å². The van der Waals surface area contributed by atoms with E-state index in [1.165, 1.54) is 18.2 Å². The third kappa shape index (κ3) is 3.78. The van der Waals surface area contributed by atoms with Crippen LogP contribution < -0.4 is 10.7 Å². The lowest BCUT2D eigenvalue weighted by atomic mass is 10.2. The molecule has 126 valence electrons. The Morgan fingerprint density at radius 1 is 1.08 bits per heavy atom. The highest BCUT2D eigenvalue weighted by molar-refractivity contribution is 6.37. The number of amides is 1. The van der Waals surface area contributed by atoms with Crippen LogP contribution in [-0.4, -0.2) is 31.1 Å². The Bertz CT molecular complexity index is 853. The molecule has 0 aliphatic carbocycles. The van der Waals surface area contributed by atoms with E-state index >= 15 is 0 Å². The fraction of sp³-hybridized carbons (Fsp3) is 0.250. The van der Waals surface area contributed by atoms with Crippen molar-refractivity contribution < 1.29 is 28.3 Å². The monoisotopic (exact) mass is 333 g/mol. The van der Waals surface area contributed by atoms with E-state index in [4.69, 9.17) is 9.15 Å². The summed E-state index contributed by atoms with van der Waals surface area (Å²) in [6.07, 6.45) is 0. The first-order chi connectivity index (χ1) is 11.5. The van der Waals surface area contributed by atoms with E-state index in [-0.39, 0.29) is 35.6 Å². The molecule has 0 saturated carbocycles. The lowest BCUT2D eigenvalue weighted by Crippen LogP contribution is -2.25. The maximum absolute atomic E-state index is 12.1. The number of nitrogens with one attached hydrogen (secondary N) is 1. The number of carbonyl (C=O) groups is 3. The van der Waals surface area contributed by atoms with Crippen LogP contribution in [0, 0.1) is 0 Å². The molecule has 24 heavy (non-hydrogen) atoms. The molecule has 8 nitrogen and oxygen atoms in total. The van der Waals surface area contributed by atoms with Gasteiger partial charge in [-0.05, 0) is 32.0 Å². The van der Waals surface area contributed by atoms with Crippen LogP contribution in [-0.2, 0) is 19.1 Å². The highest BCUT2D eigenvalue weighted by Crippen LogP contribution is 2.18. The van der Waals surface area contributed by atoms with Crippen LogP contribution in [0.25, 0.3) is 11.0 Å². The maximum Gasteiger partial charge on any atom is 0.397 e. The molecular weight excluding hydrogens is 318 g/mol. The number of fused-ring (bicyclic) bond motifs is 1. The Morgan fingerprint density at radius 3 is 2.46 bits per heavy atom. The normalized spacial score (nSPS) is 10.2. The molecule has 1 aromatic carbocycles. The number of esters is 2. The van der Waals surface area contributed by atoms with Gasteiger partial charge in [-0.15, -0.1) is 0 Å². The topological polar surface area (TPSA) is 112 Å². The zero-order chi connectivity index (χ0) is 17.7. The van der Waals surface area contributed by atoms with Crippen molar-refractivity contribution in [2.75, 3.05) is 18.5 Å². The molecule has 0 aliphatic rings. The average Bonchev–Trinajstić information content (AvgIpc) is 2.55. The van der Waals surface area contributed by atoms with Gasteiger partial charge >= 0.3 is 17.8 Å². The van der Waals surface area contributed by atoms with E-state index in [2.05, 4.69) is 10.1 Å². The summed E-state index contributed by atoms with van der Waals surface area (Å²) >= 11 is 0. The number of carbonyl (C=O) groups excluding carboxylic acids is 3. The number of anilines is 1. The molecule has 0 bridgehead atoms. The van der Waals surface area contributed by atoms with Crippen LogP contribution in [0.1, 0.15) is 24.4 Å². The summed E-state index contributed by atoms with van der Waals surface area (Å²) in [5.41, 5.74) is -0.108. The smallest absolute Gasteiger partial charge is 0.397 e. The predicted octanol–water partition coefficient (Wildman–Crippen LogP) is 1.47. The highest BCUT2D eigenvalue weighted by Gasteiger charge is 2.17. The van der Waals surface area contributed by atoms with Gasteiger partial charge in [-0.1, -0.05) is 0 Å². The minimum Gasteiger partial charge on any atom is -0.460 e. The Morgan fingerprint density at radius 2 is 1.79 bits per heavy atom. The molecule has 0 radical (unpaired) electrons. The van der Waals surface area contributed by atoms with Crippen molar-refractivity contribution >= 4 is 34.5 Å². The average molecular weight is 333 g/mol. The number of rotatable bonds is 4. The van der Waals surface area contributed by atoms with Gasteiger partial charge in [0.05, 0.1) is 18.6 Å². The first-order valence-electron chi connectivity index (χ1n) is 7.19. The molecule has 2 rings (SSSR count). The summed E-state index contributed by atoms with van der Waals surface area (Å²) < 4.78 is 14.7. The molecular formula is C16H15NO7. The van der Waals surface area contributed by atoms with Gasteiger partial charge in [-0.25, -0.2) is 9.59 Å². The van der Waals surface area contributed by atoms with E-state index in [0.717, 1.165) is 6.07 Å². The van der Waals surface area contributed by atoms with Gasteiger partial charge < -0.3 is 19.2 Å². The van der Waals surface area contributed by atoms with Gasteiger partial charge in [0, 0.05) is 11.8 Å². The van der Waals surface area contributed by atoms with Gasteiger partial charge in [0.15, 0.2) is 5.43 Å². The summed E-state index contributed by atoms with van der Waals surface area (Å²) in [6, 6.07) is 5.18. The number of hydrogen-bond acceptors (Lipinski definition) is 7. The van der Waals surface area contributed by atoms with E-state index < -0.39 is 23.3 Å². The molecule has 1 heterocycles. The summed E-state index contributed by atoms with van der Waals surface area (Å²) in [4.78, 5) is 46.6. The zero-order valence-corrected chi connectivity index (χ0v) is 13.1. The second-order valence-corrected chi connectivity index (χ2v) is 4.58. The quantitative estimate of drug-likeness (QED) is 0.666. The van der Waals surface area contributed by atoms with Crippen molar-refractivity contribution in [1.29, 1.82) is 0 Å². The molecule has 0 aliphatic heterocycles. The van der Waals surface area contributed by atoms with Crippen molar-refractivity contribution in [3.05, 3.63) is 40.2 Å². The van der Waals surface area contributed by atoms with Crippen LogP contribution in [0.4, 0.5) is 5.69 Å². The predicted molar refractivity (Wildman–Crippen MR) is 83.7 cm³/mol. The summed E-state index contributed by atoms with van der Waals surface area (Å²) in [5, 5.41) is 2.46. The number of benzene rings is 1. The van der Waals surface area contributed by atoms with Crippen LogP contribution in [0.15, 0.2) is 33.5 Å². The first-order valence-corrected chi connectivity index (χ1v) is 7.19. The van der Waals surface area contributed by atoms with Crippen molar-refractivity contribution in [3.8, 4) is 0 Å². The Kier molecular flexibility index (Phi) is 5.31. The lowest BCUT2D eigenvalue weighted by molar-refractivity contribution is -0.152. The van der Waals surface area contributed by atoms with Crippen LogP contribution in [0.2, 0.25) is 0 Å². The lowest BCUT2D eigenvalue weighted by Gasteiger charge is -2.06. The van der Waals surface area contributed by atoms with Crippen molar-refractivity contribution in [3.63, 3.8) is 0 Å². The summed E-state index contributed by atoms with van der Waals surface area (Å²) in [7, 11) is 0. The highest BCUT2D eigenvalue weighted by atomic mass is 16.5.